The molecule has 0 radical (unpaired) electrons. The smallest absolute Gasteiger partial charge is 0.325 e. The first-order valence-corrected chi connectivity index (χ1v) is 8.37. The van der Waals surface area contributed by atoms with Crippen LogP contribution in [0.5, 0.6) is 0 Å². The van der Waals surface area contributed by atoms with Gasteiger partial charge in [-0.2, -0.15) is 0 Å². The molecule has 2 saturated carbocycles. The lowest BCUT2D eigenvalue weighted by atomic mass is 9.96. The summed E-state index contributed by atoms with van der Waals surface area (Å²) in [5.74, 6) is 0.478. The third-order valence-corrected chi connectivity index (χ3v) is 5.01. The lowest BCUT2D eigenvalue weighted by Gasteiger charge is -2.25. The number of urea groups is 1. The number of hydrogen-bond acceptors (Lipinski definition) is 3. The Bertz CT molecular complexity index is 499. The third kappa shape index (κ3) is 2.83. The molecular formula is C16H25N3O3. The van der Waals surface area contributed by atoms with Crippen molar-refractivity contribution >= 4 is 17.8 Å². The van der Waals surface area contributed by atoms with Crippen molar-refractivity contribution < 1.29 is 14.4 Å². The topological polar surface area (TPSA) is 69.7 Å². The molecule has 4 amide bonds. The van der Waals surface area contributed by atoms with E-state index in [9.17, 15) is 14.4 Å². The van der Waals surface area contributed by atoms with Crippen LogP contribution in [0, 0.1) is 11.8 Å². The summed E-state index contributed by atoms with van der Waals surface area (Å²) in [4.78, 5) is 40.1. The van der Waals surface area contributed by atoms with Gasteiger partial charge < -0.3 is 10.2 Å². The van der Waals surface area contributed by atoms with Crippen LogP contribution in [-0.2, 0) is 9.59 Å². The Hall–Kier alpha value is -1.59. The monoisotopic (exact) mass is 307 g/mol. The summed E-state index contributed by atoms with van der Waals surface area (Å²) in [7, 11) is 0. The molecule has 0 aromatic carbocycles. The highest BCUT2D eigenvalue weighted by atomic mass is 16.2. The maximum absolute atomic E-state index is 12.5. The zero-order chi connectivity index (χ0) is 15.9. The molecule has 3 rings (SSSR count). The van der Waals surface area contributed by atoms with Gasteiger partial charge in [0, 0.05) is 13.1 Å². The molecule has 3 fully saturated rings. The van der Waals surface area contributed by atoms with Gasteiger partial charge in [0.2, 0.25) is 5.91 Å². The molecule has 2 aliphatic carbocycles. The van der Waals surface area contributed by atoms with Crippen molar-refractivity contribution in [1.29, 1.82) is 0 Å². The standard InChI is InChI=1S/C16H25N3O3/c1-3-8-18(9-11-4-5-11)13(20)10-19-14(21)16(2,12-6-7-12)17-15(19)22/h11-12H,3-10H2,1-2H3,(H,17,22)/t16-/m0/s1. The van der Waals surface area contributed by atoms with E-state index in [1.165, 1.54) is 12.8 Å². The fraction of sp³-hybridized carbons (Fsp3) is 0.812. The van der Waals surface area contributed by atoms with Gasteiger partial charge in [0.15, 0.2) is 0 Å². The van der Waals surface area contributed by atoms with E-state index in [0.717, 1.165) is 30.7 Å². The van der Waals surface area contributed by atoms with E-state index >= 15 is 0 Å². The minimum absolute atomic E-state index is 0.114. The molecule has 122 valence electrons. The molecule has 0 spiro atoms. The van der Waals surface area contributed by atoms with Crippen molar-refractivity contribution in [1.82, 2.24) is 15.1 Å². The van der Waals surface area contributed by atoms with Crippen LogP contribution in [-0.4, -0.2) is 52.8 Å². The van der Waals surface area contributed by atoms with Crippen LogP contribution in [0.3, 0.4) is 0 Å². The predicted molar refractivity (Wildman–Crippen MR) is 81.0 cm³/mol. The molecule has 0 bridgehead atoms. The molecule has 3 aliphatic rings. The summed E-state index contributed by atoms with van der Waals surface area (Å²) in [5.41, 5.74) is -0.802. The Morgan fingerprint density at radius 2 is 2.00 bits per heavy atom. The maximum atomic E-state index is 12.5. The van der Waals surface area contributed by atoms with Gasteiger partial charge in [0.25, 0.3) is 5.91 Å². The van der Waals surface area contributed by atoms with E-state index in [1.54, 1.807) is 6.92 Å². The SMILES string of the molecule is CCCN(CC1CC1)C(=O)CN1C(=O)N[C@@](C)(C2CC2)C1=O. The third-order valence-electron chi connectivity index (χ3n) is 5.01. The second kappa shape index (κ2) is 5.56. The van der Waals surface area contributed by atoms with Gasteiger partial charge in [-0.05, 0) is 50.9 Å². The van der Waals surface area contributed by atoms with Crippen LogP contribution in [0.4, 0.5) is 4.79 Å². The van der Waals surface area contributed by atoms with Gasteiger partial charge >= 0.3 is 6.03 Å². The van der Waals surface area contributed by atoms with E-state index < -0.39 is 11.6 Å². The van der Waals surface area contributed by atoms with Crippen LogP contribution in [0.1, 0.15) is 46.0 Å². The molecule has 6 nitrogen and oxygen atoms in total. The molecule has 1 atom stereocenters. The van der Waals surface area contributed by atoms with E-state index in [2.05, 4.69) is 5.32 Å². The first-order valence-electron chi connectivity index (χ1n) is 8.37. The normalized spacial score (nSPS) is 28.0. The van der Waals surface area contributed by atoms with Crippen molar-refractivity contribution in [3.63, 3.8) is 0 Å². The van der Waals surface area contributed by atoms with Gasteiger partial charge in [-0.25, -0.2) is 4.79 Å². The van der Waals surface area contributed by atoms with Gasteiger partial charge in [0.1, 0.15) is 12.1 Å². The van der Waals surface area contributed by atoms with Crippen molar-refractivity contribution in [2.75, 3.05) is 19.6 Å². The first kappa shape index (κ1) is 15.3. The summed E-state index contributed by atoms with van der Waals surface area (Å²) in [6.07, 6.45) is 5.17. The number of rotatable bonds is 7. The largest absolute Gasteiger partial charge is 0.341 e. The van der Waals surface area contributed by atoms with Gasteiger partial charge in [-0.1, -0.05) is 6.92 Å². The lowest BCUT2D eigenvalue weighted by molar-refractivity contribution is -0.139. The molecule has 1 saturated heterocycles. The number of amides is 4. The summed E-state index contributed by atoms with van der Waals surface area (Å²) in [6.45, 7) is 5.14. The molecule has 6 heteroatoms. The van der Waals surface area contributed by atoms with E-state index in [-0.39, 0.29) is 24.3 Å². The summed E-state index contributed by atoms with van der Waals surface area (Å²) in [5, 5.41) is 2.79. The fourth-order valence-electron chi connectivity index (χ4n) is 3.23. The number of carbonyl (C=O) groups excluding carboxylic acids is 3. The highest BCUT2D eigenvalue weighted by Crippen LogP contribution is 2.42. The summed E-state index contributed by atoms with van der Waals surface area (Å²) < 4.78 is 0. The Morgan fingerprint density at radius 3 is 2.55 bits per heavy atom. The van der Waals surface area contributed by atoms with Gasteiger partial charge in [-0.15, -0.1) is 0 Å². The minimum Gasteiger partial charge on any atom is -0.341 e. The van der Waals surface area contributed by atoms with Crippen molar-refractivity contribution in [2.45, 2.75) is 51.5 Å². The minimum atomic E-state index is -0.802. The van der Waals surface area contributed by atoms with Crippen molar-refractivity contribution in [2.24, 2.45) is 11.8 Å². The lowest BCUT2D eigenvalue weighted by Crippen LogP contribution is -2.47. The first-order chi connectivity index (χ1) is 10.5. The molecule has 1 N–H and O–H groups in total. The Balaban J connectivity index is 1.64. The molecule has 0 aromatic heterocycles. The quantitative estimate of drug-likeness (QED) is 0.722. The number of hydrogen-bond donors (Lipinski definition) is 1. The van der Waals surface area contributed by atoms with Crippen molar-refractivity contribution in [3.8, 4) is 0 Å². The number of carbonyl (C=O) groups is 3. The zero-order valence-electron chi connectivity index (χ0n) is 13.4. The summed E-state index contributed by atoms with van der Waals surface area (Å²) >= 11 is 0. The fourth-order valence-corrected chi connectivity index (χ4v) is 3.23. The van der Waals surface area contributed by atoms with Crippen LogP contribution in [0.25, 0.3) is 0 Å². The van der Waals surface area contributed by atoms with Crippen LogP contribution >= 0.6 is 0 Å². The summed E-state index contributed by atoms with van der Waals surface area (Å²) in [6, 6.07) is -0.421. The Kier molecular flexibility index (Phi) is 3.87. The number of nitrogens with zero attached hydrogens (tertiary/aromatic N) is 2. The second-order valence-corrected chi connectivity index (χ2v) is 7.08. The molecule has 22 heavy (non-hydrogen) atoms. The Morgan fingerprint density at radius 1 is 1.32 bits per heavy atom. The maximum Gasteiger partial charge on any atom is 0.325 e. The molecule has 0 unspecified atom stereocenters. The second-order valence-electron chi connectivity index (χ2n) is 7.08. The highest BCUT2D eigenvalue weighted by Gasteiger charge is 2.56. The average Bonchev–Trinajstić information content (AvgIpc) is 3.35. The number of nitrogens with one attached hydrogen (secondary N) is 1. The number of imide groups is 1. The van der Waals surface area contributed by atoms with E-state index in [4.69, 9.17) is 0 Å². The average molecular weight is 307 g/mol. The predicted octanol–water partition coefficient (Wildman–Crippen LogP) is 1.36. The van der Waals surface area contributed by atoms with Crippen LogP contribution in [0.15, 0.2) is 0 Å². The van der Waals surface area contributed by atoms with E-state index in [1.807, 2.05) is 11.8 Å². The highest BCUT2D eigenvalue weighted by molar-refractivity contribution is 6.09. The van der Waals surface area contributed by atoms with Gasteiger partial charge in [0.05, 0.1) is 0 Å². The van der Waals surface area contributed by atoms with E-state index in [0.29, 0.717) is 12.5 Å². The van der Waals surface area contributed by atoms with Crippen molar-refractivity contribution in [3.05, 3.63) is 0 Å². The molecule has 0 aromatic rings. The van der Waals surface area contributed by atoms with Crippen LogP contribution < -0.4 is 5.32 Å². The Labute approximate surface area is 131 Å². The van der Waals surface area contributed by atoms with Crippen LogP contribution in [0.2, 0.25) is 0 Å². The zero-order valence-corrected chi connectivity index (χ0v) is 13.4. The van der Waals surface area contributed by atoms with Gasteiger partial charge in [-0.3, -0.25) is 14.5 Å². The molecular weight excluding hydrogens is 282 g/mol. The molecule has 1 aliphatic heterocycles. The molecule has 1 heterocycles.